The number of amides is 1. The van der Waals surface area contributed by atoms with Crippen LogP contribution < -0.4 is 10.1 Å². The number of nitrogens with one attached hydrogen (secondary N) is 1. The van der Waals surface area contributed by atoms with Crippen molar-refractivity contribution in [3.63, 3.8) is 0 Å². The molecule has 0 saturated heterocycles. The maximum Gasteiger partial charge on any atom is 0.433 e. The molecule has 0 fully saturated rings. The Bertz CT molecular complexity index is 2110. The van der Waals surface area contributed by atoms with Gasteiger partial charge in [0.1, 0.15) is 16.3 Å². The number of anilines is 1. The van der Waals surface area contributed by atoms with Gasteiger partial charge in [0, 0.05) is 23.0 Å². The summed E-state index contributed by atoms with van der Waals surface area (Å²) in [5.41, 5.74) is 0.210. The average Bonchev–Trinajstić information content (AvgIpc) is 3.62. The van der Waals surface area contributed by atoms with Crippen LogP contribution >= 0.6 is 11.6 Å². The van der Waals surface area contributed by atoms with Gasteiger partial charge in [-0.25, -0.2) is 23.8 Å². The van der Waals surface area contributed by atoms with Crippen LogP contribution in [-0.2, 0) is 10.9 Å². The van der Waals surface area contributed by atoms with Crippen molar-refractivity contribution in [3.8, 4) is 28.3 Å². The molecule has 15 heteroatoms. The molecule has 4 aromatic heterocycles. The Kier molecular flexibility index (Phi) is 7.58. The summed E-state index contributed by atoms with van der Waals surface area (Å²) in [6.07, 6.45) is -1.99. The van der Waals surface area contributed by atoms with Crippen LogP contribution in [0.25, 0.3) is 33.8 Å². The van der Waals surface area contributed by atoms with E-state index in [0.29, 0.717) is 27.1 Å². The number of hydrogen-bond donors (Lipinski definition) is 1. The third-order valence-corrected chi connectivity index (χ3v) is 7.06. The van der Waals surface area contributed by atoms with Gasteiger partial charge >= 0.3 is 12.1 Å². The van der Waals surface area contributed by atoms with E-state index in [0.717, 1.165) is 6.07 Å². The quantitative estimate of drug-likeness (QED) is 0.205. The second kappa shape index (κ2) is 11.5. The van der Waals surface area contributed by atoms with E-state index in [1.54, 1.807) is 55.5 Å². The Morgan fingerprint density at radius 3 is 2.53 bits per heavy atom. The number of fused-ring (bicyclic) bond motifs is 2. The number of nitrogens with zero attached hydrogens (tertiary/aromatic N) is 6. The maximum absolute atomic E-state index is 14.2. The molecule has 0 bridgehead atoms. The first-order valence-corrected chi connectivity index (χ1v) is 13.7. The standard InChI is InChI=1S/C30H21ClF3N7O4/c1-3-45-29(43)20-15-36-40-22(10-11-35-26(20)40)17-7-4-8-18(12-17)37-28(42)25-24(31)27-38-21(16-6-5-9-19(13-16)44-2)14-23(30(32,33)34)41(27)39-25/h4-15H,3H2,1-2H3,(H,37,42). The average molecular weight is 636 g/mol. The van der Waals surface area contributed by atoms with E-state index in [1.165, 1.54) is 30.1 Å². The highest BCUT2D eigenvalue weighted by Gasteiger charge is 2.37. The molecule has 6 rings (SSSR count). The number of methoxy groups -OCH3 is 1. The minimum atomic E-state index is -4.85. The molecule has 0 radical (unpaired) electrons. The van der Waals surface area contributed by atoms with Crippen molar-refractivity contribution in [2.75, 3.05) is 19.0 Å². The summed E-state index contributed by atoms with van der Waals surface area (Å²) in [6.45, 7) is 1.87. The van der Waals surface area contributed by atoms with E-state index in [-0.39, 0.29) is 39.9 Å². The number of alkyl halides is 3. The number of hydrogen-bond acceptors (Lipinski definition) is 8. The number of ether oxygens (including phenoxy) is 2. The lowest BCUT2D eigenvalue weighted by Gasteiger charge is -2.11. The molecule has 45 heavy (non-hydrogen) atoms. The van der Waals surface area contributed by atoms with Crippen molar-refractivity contribution >= 4 is 40.5 Å². The van der Waals surface area contributed by atoms with Gasteiger partial charge in [-0.3, -0.25) is 4.79 Å². The van der Waals surface area contributed by atoms with Crippen LogP contribution in [0.1, 0.15) is 33.5 Å². The number of halogens is 4. The molecule has 6 aromatic rings. The lowest BCUT2D eigenvalue weighted by Crippen LogP contribution is -2.16. The summed E-state index contributed by atoms with van der Waals surface area (Å²) < 4.78 is 54.7. The van der Waals surface area contributed by atoms with E-state index >= 15 is 0 Å². The van der Waals surface area contributed by atoms with Crippen LogP contribution in [0.4, 0.5) is 18.9 Å². The molecule has 0 aliphatic heterocycles. The molecular formula is C30H21ClF3N7O4. The predicted octanol–water partition coefficient (Wildman–Crippen LogP) is 6.22. The largest absolute Gasteiger partial charge is 0.497 e. The number of rotatable bonds is 7. The van der Waals surface area contributed by atoms with E-state index in [9.17, 15) is 22.8 Å². The zero-order valence-electron chi connectivity index (χ0n) is 23.5. The topological polar surface area (TPSA) is 125 Å². The summed E-state index contributed by atoms with van der Waals surface area (Å²) in [4.78, 5) is 34.2. The molecular weight excluding hydrogens is 615 g/mol. The van der Waals surface area contributed by atoms with Gasteiger partial charge in [0.25, 0.3) is 5.91 Å². The third kappa shape index (κ3) is 5.51. The van der Waals surface area contributed by atoms with E-state index in [1.807, 2.05) is 0 Å². The molecule has 0 atom stereocenters. The number of esters is 1. The fraction of sp³-hybridized carbons (Fsp3) is 0.133. The number of carbonyl (C=O) groups excluding carboxylic acids is 2. The first-order chi connectivity index (χ1) is 21.6. The van der Waals surface area contributed by atoms with Gasteiger partial charge in [-0.1, -0.05) is 35.9 Å². The Hall–Kier alpha value is -5.50. The lowest BCUT2D eigenvalue weighted by atomic mass is 10.1. The molecule has 0 aliphatic carbocycles. The predicted molar refractivity (Wildman–Crippen MR) is 157 cm³/mol. The highest BCUT2D eigenvalue weighted by molar-refractivity contribution is 6.37. The van der Waals surface area contributed by atoms with E-state index < -0.39 is 29.4 Å². The number of aromatic nitrogens is 6. The molecule has 228 valence electrons. The van der Waals surface area contributed by atoms with Gasteiger partial charge in [-0.05, 0) is 43.3 Å². The summed E-state index contributed by atoms with van der Waals surface area (Å²) in [6, 6.07) is 15.4. The molecule has 4 heterocycles. The molecule has 1 amide bonds. The van der Waals surface area contributed by atoms with Gasteiger partial charge in [0.2, 0.25) is 0 Å². The summed E-state index contributed by atoms with van der Waals surface area (Å²) in [5.74, 6) is -1.01. The van der Waals surface area contributed by atoms with Crippen LogP contribution in [0.2, 0.25) is 5.02 Å². The van der Waals surface area contributed by atoms with Crippen LogP contribution in [0.15, 0.2) is 73.1 Å². The highest BCUT2D eigenvalue weighted by Crippen LogP contribution is 2.35. The van der Waals surface area contributed by atoms with Crippen LogP contribution in [-0.4, -0.2) is 54.8 Å². The monoisotopic (exact) mass is 635 g/mol. The van der Waals surface area contributed by atoms with Gasteiger partial charge in [-0.15, -0.1) is 0 Å². The van der Waals surface area contributed by atoms with Crippen LogP contribution in [0, 0.1) is 0 Å². The second-order valence-electron chi connectivity index (χ2n) is 9.53. The SMILES string of the molecule is CCOC(=O)c1cnn2c(-c3cccc(NC(=O)c4nn5c(C(F)(F)F)cc(-c6cccc(OC)c6)nc5c4Cl)c3)ccnc12. The van der Waals surface area contributed by atoms with Gasteiger partial charge in [-0.2, -0.15) is 23.4 Å². The summed E-state index contributed by atoms with van der Waals surface area (Å²) in [5, 5.41) is 10.4. The van der Waals surface area contributed by atoms with Crippen molar-refractivity contribution in [1.29, 1.82) is 0 Å². The highest BCUT2D eigenvalue weighted by atomic mass is 35.5. The van der Waals surface area contributed by atoms with Gasteiger partial charge < -0.3 is 14.8 Å². The van der Waals surface area contributed by atoms with Crippen LogP contribution in [0.3, 0.4) is 0 Å². The second-order valence-corrected chi connectivity index (χ2v) is 9.91. The lowest BCUT2D eigenvalue weighted by molar-refractivity contribution is -0.142. The van der Waals surface area contributed by atoms with Gasteiger partial charge in [0.15, 0.2) is 22.7 Å². The van der Waals surface area contributed by atoms with Gasteiger partial charge in [0.05, 0.1) is 31.3 Å². The summed E-state index contributed by atoms with van der Waals surface area (Å²) in [7, 11) is 1.43. The fourth-order valence-electron chi connectivity index (χ4n) is 4.68. The molecule has 11 nitrogen and oxygen atoms in total. The smallest absolute Gasteiger partial charge is 0.433 e. The summed E-state index contributed by atoms with van der Waals surface area (Å²) >= 11 is 6.45. The van der Waals surface area contributed by atoms with Crippen molar-refractivity contribution in [2.45, 2.75) is 13.1 Å². The molecule has 0 spiro atoms. The van der Waals surface area contributed by atoms with E-state index in [4.69, 9.17) is 21.1 Å². The Morgan fingerprint density at radius 1 is 1.00 bits per heavy atom. The van der Waals surface area contributed by atoms with Crippen LogP contribution in [0.5, 0.6) is 5.75 Å². The fourth-order valence-corrected chi connectivity index (χ4v) is 4.92. The van der Waals surface area contributed by atoms with E-state index in [2.05, 4.69) is 25.5 Å². The zero-order valence-corrected chi connectivity index (χ0v) is 24.2. The number of benzene rings is 2. The third-order valence-electron chi connectivity index (χ3n) is 6.72. The number of carbonyl (C=O) groups is 2. The normalized spacial score (nSPS) is 11.6. The Labute approximate surface area is 257 Å². The van der Waals surface area contributed by atoms with Crippen molar-refractivity contribution in [1.82, 2.24) is 29.2 Å². The van der Waals surface area contributed by atoms with Crippen molar-refractivity contribution < 1.29 is 32.2 Å². The van der Waals surface area contributed by atoms with Crippen molar-refractivity contribution in [3.05, 3.63) is 95.0 Å². The molecule has 0 unspecified atom stereocenters. The molecule has 2 aromatic carbocycles. The Balaban J connectivity index is 1.36. The molecule has 0 aliphatic rings. The first kappa shape index (κ1) is 29.6. The molecule has 0 saturated carbocycles. The first-order valence-electron chi connectivity index (χ1n) is 13.3. The zero-order chi connectivity index (χ0) is 31.9. The minimum absolute atomic E-state index is 0.0383. The van der Waals surface area contributed by atoms with Crippen molar-refractivity contribution in [2.24, 2.45) is 0 Å². The minimum Gasteiger partial charge on any atom is -0.497 e. The maximum atomic E-state index is 14.2. The molecule has 1 N–H and O–H groups in total. The Morgan fingerprint density at radius 2 is 1.78 bits per heavy atom.